The molecule has 0 saturated carbocycles. The Balaban J connectivity index is 1.97. The maximum atomic E-state index is 13.3. The van der Waals surface area contributed by atoms with Gasteiger partial charge >= 0.3 is 0 Å². The molecule has 21 heavy (non-hydrogen) atoms. The first-order valence-corrected chi connectivity index (χ1v) is 6.09. The molecule has 0 fully saturated rings. The summed E-state index contributed by atoms with van der Waals surface area (Å²) in [7, 11) is 0. The van der Waals surface area contributed by atoms with Crippen LogP contribution in [-0.2, 0) is 0 Å². The van der Waals surface area contributed by atoms with E-state index in [2.05, 4.69) is 0 Å². The van der Waals surface area contributed by atoms with Crippen LogP contribution in [0.3, 0.4) is 0 Å². The molecule has 1 aliphatic rings. The fourth-order valence-electron chi connectivity index (χ4n) is 2.08. The zero-order valence-electron chi connectivity index (χ0n) is 10.7. The second kappa shape index (κ2) is 4.97. The van der Waals surface area contributed by atoms with E-state index in [9.17, 15) is 18.4 Å². The fraction of sp³-hybridized carbons (Fsp3) is 0.0667. The standard InChI is InChI=1S/C15H9F2NO3/c16-12-5-11-14(6-13(12)17)21-8-18(15(11)20)10-3-1-9(7-19)2-4-10/h1-7H,8H2. The van der Waals surface area contributed by atoms with Gasteiger partial charge in [-0.25, -0.2) is 8.78 Å². The van der Waals surface area contributed by atoms with Crippen molar-refractivity contribution >= 4 is 17.9 Å². The summed E-state index contributed by atoms with van der Waals surface area (Å²) < 4.78 is 31.7. The quantitative estimate of drug-likeness (QED) is 0.799. The molecule has 0 spiro atoms. The Labute approximate surface area is 118 Å². The normalized spacial score (nSPS) is 13.6. The summed E-state index contributed by atoms with van der Waals surface area (Å²) in [5, 5.41) is 0. The van der Waals surface area contributed by atoms with Gasteiger partial charge in [-0.05, 0) is 30.3 Å². The van der Waals surface area contributed by atoms with Gasteiger partial charge in [-0.2, -0.15) is 0 Å². The van der Waals surface area contributed by atoms with Crippen molar-refractivity contribution in [1.29, 1.82) is 0 Å². The molecule has 0 saturated heterocycles. The number of carbonyl (C=O) groups is 2. The number of ether oxygens (including phenoxy) is 1. The summed E-state index contributed by atoms with van der Waals surface area (Å²) in [6.07, 6.45) is 0.686. The molecule has 0 aromatic heterocycles. The number of hydrogen-bond donors (Lipinski definition) is 0. The molecule has 0 radical (unpaired) electrons. The van der Waals surface area contributed by atoms with Crippen LogP contribution in [0.2, 0.25) is 0 Å². The van der Waals surface area contributed by atoms with Crippen molar-refractivity contribution in [1.82, 2.24) is 0 Å². The molecular weight excluding hydrogens is 280 g/mol. The molecule has 0 unspecified atom stereocenters. The lowest BCUT2D eigenvalue weighted by Crippen LogP contribution is -2.38. The molecule has 106 valence electrons. The fourth-order valence-corrected chi connectivity index (χ4v) is 2.08. The van der Waals surface area contributed by atoms with E-state index in [1.54, 1.807) is 24.3 Å². The summed E-state index contributed by atoms with van der Waals surface area (Å²) in [5.41, 5.74) is 0.929. The van der Waals surface area contributed by atoms with Crippen LogP contribution in [0.15, 0.2) is 36.4 Å². The smallest absolute Gasteiger partial charge is 0.264 e. The monoisotopic (exact) mass is 289 g/mol. The van der Waals surface area contributed by atoms with E-state index in [1.807, 2.05) is 0 Å². The topological polar surface area (TPSA) is 46.6 Å². The molecule has 2 aromatic rings. The number of amides is 1. The molecule has 6 heteroatoms. The van der Waals surface area contributed by atoms with Crippen molar-refractivity contribution in [3.63, 3.8) is 0 Å². The predicted octanol–water partition coefficient (Wildman–Crippen LogP) is 2.77. The first-order valence-electron chi connectivity index (χ1n) is 6.09. The number of anilines is 1. The number of halogens is 2. The molecule has 2 aromatic carbocycles. The van der Waals surface area contributed by atoms with E-state index in [-0.39, 0.29) is 18.0 Å². The highest BCUT2D eigenvalue weighted by molar-refractivity contribution is 6.08. The minimum absolute atomic E-state index is 0.0136. The highest BCUT2D eigenvalue weighted by Gasteiger charge is 2.28. The average molecular weight is 289 g/mol. The van der Waals surface area contributed by atoms with Crippen molar-refractivity contribution in [3.05, 3.63) is 59.2 Å². The lowest BCUT2D eigenvalue weighted by Gasteiger charge is -2.28. The molecule has 0 aliphatic carbocycles. The van der Waals surface area contributed by atoms with Crippen molar-refractivity contribution < 1.29 is 23.1 Å². The molecule has 1 heterocycles. The van der Waals surface area contributed by atoms with E-state index < -0.39 is 17.5 Å². The van der Waals surface area contributed by atoms with Gasteiger partial charge < -0.3 is 4.74 Å². The van der Waals surface area contributed by atoms with Crippen molar-refractivity contribution in [3.8, 4) is 5.75 Å². The number of fused-ring (bicyclic) bond motifs is 1. The van der Waals surface area contributed by atoms with Gasteiger partial charge in [0.2, 0.25) is 0 Å². The maximum absolute atomic E-state index is 13.3. The van der Waals surface area contributed by atoms with Crippen molar-refractivity contribution in [2.45, 2.75) is 0 Å². The van der Waals surface area contributed by atoms with Gasteiger partial charge in [0.25, 0.3) is 5.91 Å². The van der Waals surface area contributed by atoms with Crippen LogP contribution in [0, 0.1) is 11.6 Å². The molecule has 0 atom stereocenters. The van der Waals surface area contributed by atoms with Gasteiger partial charge in [0.15, 0.2) is 18.4 Å². The number of carbonyl (C=O) groups excluding carboxylic acids is 2. The molecule has 0 bridgehead atoms. The van der Waals surface area contributed by atoms with E-state index >= 15 is 0 Å². The van der Waals surface area contributed by atoms with Crippen LogP contribution >= 0.6 is 0 Å². The molecule has 4 nitrogen and oxygen atoms in total. The summed E-state index contributed by atoms with van der Waals surface area (Å²) in [4.78, 5) is 24.2. The Morgan fingerprint density at radius 1 is 1.10 bits per heavy atom. The summed E-state index contributed by atoms with van der Waals surface area (Å²) in [6.45, 7) is -0.114. The second-order valence-corrected chi connectivity index (χ2v) is 4.48. The van der Waals surface area contributed by atoms with E-state index in [1.165, 1.54) is 4.90 Å². The maximum Gasteiger partial charge on any atom is 0.264 e. The number of hydrogen-bond acceptors (Lipinski definition) is 3. The number of nitrogens with zero attached hydrogens (tertiary/aromatic N) is 1. The third-order valence-electron chi connectivity index (χ3n) is 3.19. The van der Waals surface area contributed by atoms with Crippen LogP contribution in [0.25, 0.3) is 0 Å². The van der Waals surface area contributed by atoms with Gasteiger partial charge in [-0.15, -0.1) is 0 Å². The van der Waals surface area contributed by atoms with Crippen LogP contribution < -0.4 is 9.64 Å². The van der Waals surface area contributed by atoms with Gasteiger partial charge in [0.05, 0.1) is 5.56 Å². The Morgan fingerprint density at radius 3 is 2.43 bits per heavy atom. The van der Waals surface area contributed by atoms with Gasteiger partial charge in [0.1, 0.15) is 12.0 Å². The SMILES string of the molecule is O=Cc1ccc(N2COc3cc(F)c(F)cc3C2=O)cc1. The van der Waals surface area contributed by atoms with Crippen LogP contribution in [0.5, 0.6) is 5.75 Å². The second-order valence-electron chi connectivity index (χ2n) is 4.48. The zero-order valence-corrected chi connectivity index (χ0v) is 10.7. The lowest BCUT2D eigenvalue weighted by atomic mass is 10.1. The Bertz CT molecular complexity index is 728. The minimum Gasteiger partial charge on any atom is -0.472 e. The molecular formula is C15H9F2NO3. The Kier molecular flexibility index (Phi) is 3.13. The van der Waals surface area contributed by atoms with Gasteiger partial charge in [-0.3, -0.25) is 14.5 Å². The summed E-state index contributed by atoms with van der Waals surface area (Å²) >= 11 is 0. The lowest BCUT2D eigenvalue weighted by molar-refractivity contribution is 0.0935. The zero-order chi connectivity index (χ0) is 15.0. The summed E-state index contributed by atoms with van der Waals surface area (Å²) in [5.74, 6) is -2.65. The van der Waals surface area contributed by atoms with E-state index in [4.69, 9.17) is 4.74 Å². The first-order chi connectivity index (χ1) is 10.1. The minimum atomic E-state index is -1.11. The molecule has 1 aliphatic heterocycles. The predicted molar refractivity (Wildman–Crippen MR) is 70.5 cm³/mol. The Morgan fingerprint density at radius 2 is 1.76 bits per heavy atom. The number of rotatable bonds is 2. The Hall–Kier alpha value is -2.76. The van der Waals surface area contributed by atoms with E-state index in [0.29, 0.717) is 17.5 Å². The van der Waals surface area contributed by atoms with Crippen LogP contribution in [0.4, 0.5) is 14.5 Å². The largest absolute Gasteiger partial charge is 0.472 e. The third-order valence-corrected chi connectivity index (χ3v) is 3.19. The first kappa shape index (κ1) is 13.2. The van der Waals surface area contributed by atoms with Crippen molar-refractivity contribution in [2.75, 3.05) is 11.6 Å². The van der Waals surface area contributed by atoms with Gasteiger partial charge in [-0.1, -0.05) is 0 Å². The highest BCUT2D eigenvalue weighted by Crippen LogP contribution is 2.30. The molecule has 1 amide bonds. The number of benzene rings is 2. The average Bonchev–Trinajstić information content (AvgIpc) is 2.50. The number of aldehydes is 1. The highest BCUT2D eigenvalue weighted by atomic mass is 19.2. The van der Waals surface area contributed by atoms with Crippen LogP contribution in [-0.4, -0.2) is 18.9 Å². The molecule has 0 N–H and O–H groups in total. The summed E-state index contributed by atoms with van der Waals surface area (Å²) in [6, 6.07) is 7.94. The van der Waals surface area contributed by atoms with E-state index in [0.717, 1.165) is 12.1 Å². The van der Waals surface area contributed by atoms with Gasteiger partial charge in [0, 0.05) is 17.3 Å². The van der Waals surface area contributed by atoms with Crippen LogP contribution in [0.1, 0.15) is 20.7 Å². The van der Waals surface area contributed by atoms with Crippen molar-refractivity contribution in [2.24, 2.45) is 0 Å². The molecule has 3 rings (SSSR count). The third kappa shape index (κ3) is 2.24.